The highest BCUT2D eigenvalue weighted by Crippen LogP contribution is 2.44. The van der Waals surface area contributed by atoms with Crippen molar-refractivity contribution in [3.63, 3.8) is 0 Å². The molecule has 4 N–H and O–H groups in total. The van der Waals surface area contributed by atoms with Gasteiger partial charge in [-0.2, -0.15) is 0 Å². The first-order valence-corrected chi connectivity index (χ1v) is 24.0. The summed E-state index contributed by atoms with van der Waals surface area (Å²) in [7, 11) is 3.26. The monoisotopic (exact) mass is 939 g/mol. The molecule has 6 atom stereocenters. The Morgan fingerprint density at radius 1 is 0.618 bits per heavy atom. The smallest absolute Gasteiger partial charge is 0.306 e. The molecule has 2 fully saturated rings. The van der Waals surface area contributed by atoms with Crippen molar-refractivity contribution in [3.8, 4) is 11.5 Å². The number of piperazine rings is 2. The van der Waals surface area contributed by atoms with E-state index in [-0.39, 0.29) is 73.3 Å². The molecule has 0 saturated carbocycles. The lowest BCUT2D eigenvalue weighted by Crippen LogP contribution is -2.66. The second-order valence-corrected chi connectivity index (χ2v) is 21.5. The number of carbonyl (C=O) groups excluding carboxylic acids is 6. The molecule has 2 aromatic carbocycles. The third-order valence-electron chi connectivity index (χ3n) is 12.9. The van der Waals surface area contributed by atoms with Crippen molar-refractivity contribution in [2.45, 2.75) is 168 Å². The Bertz CT molecular complexity index is 2400. The Morgan fingerprint density at radius 2 is 0.985 bits per heavy atom. The molecule has 68 heavy (non-hydrogen) atoms. The maximum Gasteiger partial charge on any atom is 0.306 e. The zero-order valence-corrected chi connectivity index (χ0v) is 41.7. The number of hydrogen-bond acceptors (Lipinski definition) is 10. The summed E-state index contributed by atoms with van der Waals surface area (Å²) in [6.07, 6.45) is 2.93. The molecule has 4 amide bonds. The molecule has 6 heterocycles. The molecule has 16 heteroatoms. The summed E-state index contributed by atoms with van der Waals surface area (Å²) in [5.41, 5.74) is 4.83. The lowest BCUT2D eigenvalue weighted by atomic mass is 9.85. The van der Waals surface area contributed by atoms with E-state index in [2.05, 4.69) is 48.3 Å². The highest BCUT2D eigenvalue weighted by molar-refractivity contribution is 6.00. The maximum absolute atomic E-state index is 13.6. The molecule has 0 unspecified atom stereocenters. The predicted octanol–water partition coefficient (Wildman–Crippen LogP) is 7.27. The van der Waals surface area contributed by atoms with Gasteiger partial charge >= 0.3 is 11.9 Å². The van der Waals surface area contributed by atoms with Crippen LogP contribution in [0.2, 0.25) is 0 Å². The minimum Gasteiger partial charge on any atom is -0.497 e. The van der Waals surface area contributed by atoms with Crippen LogP contribution in [-0.2, 0) is 51.1 Å². The molecule has 8 rings (SSSR count). The van der Waals surface area contributed by atoms with E-state index in [1.165, 1.54) is 0 Å². The molecule has 4 aliphatic rings. The first kappa shape index (κ1) is 49.8. The Labute approximate surface area is 398 Å². The fourth-order valence-electron chi connectivity index (χ4n) is 10.2. The zero-order chi connectivity index (χ0) is 49.6. The number of H-pyrrole nitrogens is 2. The topological polar surface area (TPSA) is 201 Å². The van der Waals surface area contributed by atoms with Crippen LogP contribution in [-0.4, -0.2) is 105 Å². The summed E-state index contributed by atoms with van der Waals surface area (Å²) in [6, 6.07) is 8.66. The number of aromatic amines is 2. The number of nitrogens with zero attached hydrogens (tertiary/aromatic N) is 2. The van der Waals surface area contributed by atoms with E-state index >= 15 is 0 Å². The van der Waals surface area contributed by atoms with Gasteiger partial charge in [0.15, 0.2) is 0 Å². The van der Waals surface area contributed by atoms with Gasteiger partial charge in [0.05, 0.1) is 26.3 Å². The van der Waals surface area contributed by atoms with Gasteiger partial charge in [-0.1, -0.05) is 27.7 Å². The number of fused-ring (bicyclic) bond motifs is 8. The van der Waals surface area contributed by atoms with E-state index < -0.39 is 35.4 Å². The quantitative estimate of drug-likeness (QED) is 0.105. The van der Waals surface area contributed by atoms with Gasteiger partial charge in [-0.15, -0.1) is 0 Å². The number of methoxy groups -OCH3 is 2. The molecule has 2 saturated heterocycles. The van der Waals surface area contributed by atoms with Crippen LogP contribution >= 0.6 is 0 Å². The molecular weight excluding hydrogens is 869 g/mol. The van der Waals surface area contributed by atoms with Gasteiger partial charge in [-0.25, -0.2) is 0 Å². The molecule has 2 aromatic heterocycles. The average Bonchev–Trinajstić information content (AvgIpc) is 3.81. The molecule has 16 nitrogen and oxygen atoms in total. The summed E-state index contributed by atoms with van der Waals surface area (Å²) in [5, 5.41) is 7.86. The average molecular weight is 939 g/mol. The number of hydrogen-bond donors (Lipinski definition) is 4. The Morgan fingerprint density at radius 3 is 1.31 bits per heavy atom. The number of aromatic nitrogens is 2. The third-order valence-corrected chi connectivity index (χ3v) is 12.9. The summed E-state index contributed by atoms with van der Waals surface area (Å²) in [6.45, 7) is 19.3. The van der Waals surface area contributed by atoms with E-state index in [1.807, 2.05) is 36.4 Å². The Kier molecular flexibility index (Phi) is 14.3. The van der Waals surface area contributed by atoms with E-state index in [4.69, 9.17) is 18.9 Å². The summed E-state index contributed by atoms with van der Waals surface area (Å²) >= 11 is 0. The molecule has 368 valence electrons. The van der Waals surface area contributed by atoms with Gasteiger partial charge in [-0.05, 0) is 114 Å². The zero-order valence-electron chi connectivity index (χ0n) is 41.7. The Hall–Kier alpha value is -6.06. The maximum atomic E-state index is 13.6. The van der Waals surface area contributed by atoms with Gasteiger partial charge in [0.1, 0.15) is 46.9 Å². The fourth-order valence-corrected chi connectivity index (χ4v) is 10.2. The first-order valence-electron chi connectivity index (χ1n) is 24.0. The number of rotatable bonds is 12. The minimum absolute atomic E-state index is 0.0682. The van der Waals surface area contributed by atoms with E-state index in [0.717, 1.165) is 68.7 Å². The largest absolute Gasteiger partial charge is 0.497 e. The molecule has 0 spiro atoms. The number of carbonyl (C=O) groups is 6. The highest BCUT2D eigenvalue weighted by Gasteiger charge is 2.50. The van der Waals surface area contributed by atoms with Crippen molar-refractivity contribution in [1.29, 1.82) is 0 Å². The molecule has 0 radical (unpaired) electrons. The van der Waals surface area contributed by atoms with Crippen LogP contribution in [0.25, 0.3) is 21.8 Å². The van der Waals surface area contributed by atoms with Crippen LogP contribution in [0.15, 0.2) is 36.4 Å². The fraction of sp³-hybridized carbons (Fsp3) is 0.577. The number of amides is 4. The summed E-state index contributed by atoms with van der Waals surface area (Å²) < 4.78 is 21.5. The summed E-state index contributed by atoms with van der Waals surface area (Å²) in [5.74, 6) is 0.766. The van der Waals surface area contributed by atoms with E-state index in [1.54, 1.807) is 65.6 Å². The second-order valence-electron chi connectivity index (χ2n) is 21.5. The van der Waals surface area contributed by atoms with Gasteiger partial charge < -0.3 is 49.3 Å². The molecule has 0 bridgehead atoms. The van der Waals surface area contributed by atoms with Crippen molar-refractivity contribution < 1.29 is 47.7 Å². The van der Waals surface area contributed by atoms with Crippen LogP contribution in [0.5, 0.6) is 11.5 Å². The number of nitrogens with one attached hydrogen (secondary N) is 4. The first-order chi connectivity index (χ1) is 32.0. The van der Waals surface area contributed by atoms with E-state index in [9.17, 15) is 28.8 Å². The standard InChI is InChI=1S/2C26H35N3O5/c2*1-14(2)11-20-23-17(16-8-7-15(33-6)12-19(16)27-23)13-21-24(31)28-18(25(32)29(20)21)9-10-22(30)34-26(3,4)5/h2*7-8,12,14,18,20-21,27H,9-11,13H2,1-6H3,(H,28,31)/t2*18-,20-,21-/m00/s1. The summed E-state index contributed by atoms with van der Waals surface area (Å²) in [4.78, 5) is 88.7. The molecular formula is C52H70N6O10. The van der Waals surface area contributed by atoms with Crippen molar-refractivity contribution in [3.05, 3.63) is 58.9 Å². The highest BCUT2D eigenvalue weighted by atomic mass is 16.6. The molecule has 4 aliphatic heterocycles. The SMILES string of the molecule is COc1ccc2c3c([nH]c2c1)[C@H](CC(C)C)N1C(=O)[C@H](CCC(=O)OC(C)(C)C)NC(=O)[C@@H]1C3.COc1ccc2c3c([nH]c2c1)[C@H](CC(C)C)N1C(=O)[C@H](CCC(=O)OC(C)(C)C)NC(=O)[C@@H]1C3. The van der Waals surface area contributed by atoms with E-state index in [0.29, 0.717) is 24.7 Å². The lowest BCUT2D eigenvalue weighted by Gasteiger charge is -2.46. The molecule has 4 aromatic rings. The molecule has 0 aliphatic carbocycles. The Balaban J connectivity index is 0.000000201. The normalized spacial score (nSPS) is 22.4. The van der Waals surface area contributed by atoms with Crippen LogP contribution in [0.4, 0.5) is 0 Å². The van der Waals surface area contributed by atoms with Crippen LogP contribution in [0, 0.1) is 11.8 Å². The van der Waals surface area contributed by atoms with Crippen LogP contribution in [0.3, 0.4) is 0 Å². The third kappa shape index (κ3) is 10.6. The van der Waals surface area contributed by atoms with Crippen molar-refractivity contribution in [1.82, 2.24) is 30.4 Å². The lowest BCUT2D eigenvalue weighted by molar-refractivity contribution is -0.158. The van der Waals surface area contributed by atoms with Crippen LogP contribution in [0.1, 0.15) is 142 Å². The van der Waals surface area contributed by atoms with Gasteiger partial charge in [-0.3, -0.25) is 28.8 Å². The van der Waals surface area contributed by atoms with Gasteiger partial charge in [0.2, 0.25) is 23.6 Å². The minimum atomic E-state index is -0.739. The van der Waals surface area contributed by atoms with Crippen molar-refractivity contribution in [2.24, 2.45) is 11.8 Å². The number of benzene rings is 2. The van der Waals surface area contributed by atoms with Crippen LogP contribution < -0.4 is 20.1 Å². The number of ether oxygens (including phenoxy) is 4. The van der Waals surface area contributed by atoms with Gasteiger partial charge in [0, 0.05) is 71.0 Å². The predicted molar refractivity (Wildman–Crippen MR) is 257 cm³/mol. The second kappa shape index (κ2) is 19.5. The van der Waals surface area contributed by atoms with Crippen molar-refractivity contribution >= 4 is 57.4 Å². The van der Waals surface area contributed by atoms with Crippen molar-refractivity contribution in [2.75, 3.05) is 14.2 Å². The van der Waals surface area contributed by atoms with Gasteiger partial charge in [0.25, 0.3) is 0 Å². The number of esters is 2.